The first kappa shape index (κ1) is 26.6. The van der Waals surface area contributed by atoms with E-state index in [1.54, 1.807) is 18.4 Å². The molecule has 0 unspecified atom stereocenters. The molecule has 11 heteroatoms. The fourth-order valence-corrected chi connectivity index (χ4v) is 5.19. The number of carboxylic acid groups (broad SMARTS) is 1. The van der Waals surface area contributed by atoms with Crippen LogP contribution in [0.5, 0.6) is 0 Å². The molecule has 2 fully saturated rings. The van der Waals surface area contributed by atoms with Gasteiger partial charge in [0.05, 0.1) is 6.33 Å². The van der Waals surface area contributed by atoms with Crippen molar-refractivity contribution in [2.75, 3.05) is 0 Å². The van der Waals surface area contributed by atoms with Gasteiger partial charge in [-0.25, -0.2) is 14.6 Å². The number of carbonyl (C=O) groups is 1. The highest BCUT2D eigenvalue weighted by Crippen LogP contribution is 2.43. The third-order valence-corrected chi connectivity index (χ3v) is 6.96. The molecule has 1 N–H and O–H groups in total. The number of nitrogens with zero attached hydrogens (tertiary/aromatic N) is 4. The van der Waals surface area contributed by atoms with E-state index in [4.69, 9.17) is 14.2 Å². The molecule has 0 saturated carbocycles. The van der Waals surface area contributed by atoms with Gasteiger partial charge in [-0.1, -0.05) is 52.4 Å². The molecule has 0 spiro atoms. The number of carboxylic acids is 1. The van der Waals surface area contributed by atoms with Gasteiger partial charge < -0.3 is 19.3 Å². The second kappa shape index (κ2) is 10.9. The Hall–Kier alpha value is -2.50. The average Bonchev–Trinajstić information content (AvgIpc) is 3.48. The Balaban J connectivity index is 1.78. The third-order valence-electron chi connectivity index (χ3n) is 6.96. The molecule has 0 bridgehead atoms. The van der Waals surface area contributed by atoms with Crippen molar-refractivity contribution >= 4 is 17.1 Å². The van der Waals surface area contributed by atoms with E-state index in [-0.39, 0.29) is 16.9 Å². The molecule has 0 radical (unpaired) electrons. The summed E-state index contributed by atoms with van der Waals surface area (Å²) in [5.74, 6) is -2.16. The van der Waals surface area contributed by atoms with Crippen molar-refractivity contribution < 1.29 is 24.1 Å². The first-order chi connectivity index (χ1) is 17.2. The number of aliphatic carboxylic acids is 1. The normalized spacial score (nSPS) is 25.0. The Labute approximate surface area is 210 Å². The van der Waals surface area contributed by atoms with Gasteiger partial charge in [0, 0.05) is 13.1 Å². The van der Waals surface area contributed by atoms with E-state index in [0.29, 0.717) is 13.1 Å². The van der Waals surface area contributed by atoms with E-state index in [1.165, 1.54) is 15.5 Å². The van der Waals surface area contributed by atoms with E-state index in [0.717, 1.165) is 51.4 Å². The number of hydrogen-bond donors (Lipinski definition) is 1. The van der Waals surface area contributed by atoms with Crippen LogP contribution in [0.4, 0.5) is 0 Å². The highest BCUT2D eigenvalue weighted by atomic mass is 16.8. The summed E-state index contributed by atoms with van der Waals surface area (Å²) < 4.78 is 22.1. The number of imidazole rings is 1. The Bertz CT molecular complexity index is 1200. The molecular weight excluding hydrogens is 468 g/mol. The van der Waals surface area contributed by atoms with E-state index in [9.17, 15) is 19.5 Å². The minimum absolute atomic E-state index is 0.212. The number of rotatable bonds is 12. The molecule has 4 atom stereocenters. The molecule has 4 rings (SSSR count). The van der Waals surface area contributed by atoms with Crippen LogP contribution in [-0.2, 0) is 32.1 Å². The molecule has 36 heavy (non-hydrogen) atoms. The molecule has 2 aliphatic rings. The molecule has 2 aromatic heterocycles. The van der Waals surface area contributed by atoms with Crippen LogP contribution in [0.25, 0.3) is 11.2 Å². The summed E-state index contributed by atoms with van der Waals surface area (Å²) in [5.41, 5.74) is -0.320. The van der Waals surface area contributed by atoms with Gasteiger partial charge >= 0.3 is 11.7 Å². The molecule has 200 valence electrons. The van der Waals surface area contributed by atoms with Crippen LogP contribution in [-0.4, -0.2) is 53.9 Å². The minimum Gasteiger partial charge on any atom is -0.479 e. The Morgan fingerprint density at radius 2 is 1.58 bits per heavy atom. The summed E-state index contributed by atoms with van der Waals surface area (Å²) >= 11 is 0. The monoisotopic (exact) mass is 506 g/mol. The zero-order valence-corrected chi connectivity index (χ0v) is 21.6. The largest absolute Gasteiger partial charge is 0.479 e. The molecule has 4 heterocycles. The fraction of sp³-hybridized carbons (Fsp3) is 0.760. The number of ether oxygens (including phenoxy) is 3. The highest BCUT2D eigenvalue weighted by Gasteiger charge is 2.58. The molecule has 11 nitrogen and oxygen atoms in total. The maximum atomic E-state index is 13.7. The van der Waals surface area contributed by atoms with Gasteiger partial charge in [0.15, 0.2) is 29.3 Å². The molecule has 0 aromatic carbocycles. The Morgan fingerprint density at radius 3 is 2.19 bits per heavy atom. The van der Waals surface area contributed by atoms with Crippen molar-refractivity contribution in [2.45, 2.75) is 122 Å². The first-order valence-corrected chi connectivity index (χ1v) is 13.1. The molecular formula is C25H38N4O7. The van der Waals surface area contributed by atoms with Gasteiger partial charge in [-0.05, 0) is 26.7 Å². The van der Waals surface area contributed by atoms with Gasteiger partial charge in [-0.3, -0.25) is 18.5 Å². The topological polar surface area (TPSA) is 127 Å². The fourth-order valence-electron chi connectivity index (χ4n) is 5.19. The van der Waals surface area contributed by atoms with Crippen LogP contribution in [0.3, 0.4) is 0 Å². The molecule has 2 saturated heterocycles. The van der Waals surface area contributed by atoms with Crippen LogP contribution in [0.1, 0.15) is 85.3 Å². The molecule has 0 aliphatic carbocycles. The number of aryl methyl sites for hydroxylation is 1. The smallest absolute Gasteiger partial charge is 0.335 e. The number of unbranched alkanes of at least 4 members (excludes halogenated alkanes) is 6. The van der Waals surface area contributed by atoms with Crippen LogP contribution >= 0.6 is 0 Å². The van der Waals surface area contributed by atoms with Crippen molar-refractivity contribution in [3.8, 4) is 0 Å². The van der Waals surface area contributed by atoms with E-state index in [2.05, 4.69) is 18.8 Å². The van der Waals surface area contributed by atoms with Crippen molar-refractivity contribution in [2.24, 2.45) is 0 Å². The zero-order chi connectivity index (χ0) is 26.0. The van der Waals surface area contributed by atoms with Crippen molar-refractivity contribution in [3.05, 3.63) is 27.2 Å². The summed E-state index contributed by atoms with van der Waals surface area (Å²) in [4.78, 5) is 43.4. The van der Waals surface area contributed by atoms with E-state index >= 15 is 0 Å². The minimum atomic E-state index is -1.25. The van der Waals surface area contributed by atoms with Gasteiger partial charge in [-0.2, -0.15) is 0 Å². The molecule has 2 aliphatic heterocycles. The lowest BCUT2D eigenvalue weighted by Gasteiger charge is -2.24. The lowest BCUT2D eigenvalue weighted by molar-refractivity contribution is -0.202. The highest BCUT2D eigenvalue weighted by molar-refractivity contribution is 5.74. The quantitative estimate of drug-likeness (QED) is 0.435. The van der Waals surface area contributed by atoms with Crippen LogP contribution in [0.15, 0.2) is 15.9 Å². The van der Waals surface area contributed by atoms with Crippen molar-refractivity contribution in [3.63, 3.8) is 0 Å². The third kappa shape index (κ3) is 5.01. The SMILES string of the molecule is CCCCCCn1c(=O)c2c(ncn2[C@@H]2O[C@H](C(=O)O)[C@H]3OC(C)(C)O[C@H]32)n(CCCCCC)c1=O. The summed E-state index contributed by atoms with van der Waals surface area (Å²) in [6.45, 7) is 8.42. The van der Waals surface area contributed by atoms with E-state index < -0.39 is 41.9 Å². The van der Waals surface area contributed by atoms with Crippen LogP contribution in [0.2, 0.25) is 0 Å². The molecule has 2 aromatic rings. The van der Waals surface area contributed by atoms with Gasteiger partial charge in [-0.15, -0.1) is 0 Å². The summed E-state index contributed by atoms with van der Waals surface area (Å²) in [5, 5.41) is 9.72. The number of hydrogen-bond acceptors (Lipinski definition) is 7. The van der Waals surface area contributed by atoms with Crippen molar-refractivity contribution in [1.82, 2.24) is 18.7 Å². The summed E-state index contributed by atoms with van der Waals surface area (Å²) in [6, 6.07) is 0. The number of fused-ring (bicyclic) bond motifs is 2. The maximum Gasteiger partial charge on any atom is 0.335 e. The van der Waals surface area contributed by atoms with Gasteiger partial charge in [0.25, 0.3) is 5.56 Å². The zero-order valence-electron chi connectivity index (χ0n) is 21.6. The predicted molar refractivity (Wildman–Crippen MR) is 132 cm³/mol. The Morgan fingerprint density at radius 1 is 0.972 bits per heavy atom. The lowest BCUT2D eigenvalue weighted by atomic mass is 10.1. The summed E-state index contributed by atoms with van der Waals surface area (Å²) in [7, 11) is 0. The standard InChI is InChI=1S/C25H38N4O7/c1-5-7-9-11-13-27-20-16(21(30)28(24(27)33)14-12-10-8-6-2)29(15-26-20)22-18-17(19(34-22)23(31)32)35-25(3,4)36-18/h15,17-19,22H,5-14H2,1-4H3,(H,31,32)/t17-,18+,19-,22+/m0/s1. The second-order valence-corrected chi connectivity index (χ2v) is 10.2. The Kier molecular flexibility index (Phi) is 8.01. The van der Waals surface area contributed by atoms with Gasteiger partial charge in [0.1, 0.15) is 12.2 Å². The maximum absolute atomic E-state index is 13.7. The number of aromatic nitrogens is 4. The lowest BCUT2D eigenvalue weighted by Crippen LogP contribution is -2.41. The second-order valence-electron chi connectivity index (χ2n) is 10.2. The average molecular weight is 507 g/mol. The van der Waals surface area contributed by atoms with Gasteiger partial charge in [0.2, 0.25) is 0 Å². The van der Waals surface area contributed by atoms with Crippen LogP contribution < -0.4 is 11.2 Å². The summed E-state index contributed by atoms with van der Waals surface area (Å²) in [6.07, 6.45) is 5.28. The van der Waals surface area contributed by atoms with Crippen LogP contribution in [0, 0.1) is 0 Å². The van der Waals surface area contributed by atoms with E-state index in [1.807, 2.05) is 0 Å². The van der Waals surface area contributed by atoms with Crippen molar-refractivity contribution in [1.29, 1.82) is 0 Å². The first-order valence-electron chi connectivity index (χ1n) is 13.1. The molecule has 0 amide bonds. The predicted octanol–water partition coefficient (Wildman–Crippen LogP) is 3.02.